The number of aromatic nitrogens is 3. The summed E-state index contributed by atoms with van der Waals surface area (Å²) in [5, 5.41) is 22.1. The molecule has 2 heterocycles. The van der Waals surface area contributed by atoms with Gasteiger partial charge < -0.3 is 36.3 Å². The van der Waals surface area contributed by atoms with Crippen LogP contribution < -0.4 is 36.5 Å². The molecular formula is C30H36N8O4. The summed E-state index contributed by atoms with van der Waals surface area (Å²) in [5.74, 6) is 2.03. The Morgan fingerprint density at radius 3 is 2.36 bits per heavy atom. The van der Waals surface area contributed by atoms with E-state index in [-0.39, 0.29) is 12.3 Å². The van der Waals surface area contributed by atoms with Crippen molar-refractivity contribution in [3.05, 3.63) is 72.2 Å². The summed E-state index contributed by atoms with van der Waals surface area (Å²) in [4.78, 5) is 26.5. The second-order valence-corrected chi connectivity index (χ2v) is 10.5. The number of amides is 2. The third-order valence-corrected chi connectivity index (χ3v) is 5.93. The first-order valence-electron chi connectivity index (χ1n) is 13.2. The van der Waals surface area contributed by atoms with Gasteiger partial charge in [0.1, 0.15) is 23.1 Å². The molecule has 12 nitrogen and oxygen atoms in total. The Kier molecular flexibility index (Phi) is 9.15. The van der Waals surface area contributed by atoms with Gasteiger partial charge in [0.25, 0.3) is 0 Å². The largest absolute Gasteiger partial charge is 0.508 e. The Hall–Kier alpha value is -5.26. The van der Waals surface area contributed by atoms with Crippen molar-refractivity contribution >= 4 is 28.8 Å². The molecule has 0 bridgehead atoms. The van der Waals surface area contributed by atoms with Crippen molar-refractivity contribution in [2.45, 2.75) is 32.9 Å². The Balaban J connectivity index is 1.58. The Bertz CT molecular complexity index is 1560. The summed E-state index contributed by atoms with van der Waals surface area (Å²) < 4.78 is 10.9. The highest BCUT2D eigenvalue weighted by Gasteiger charge is 2.18. The lowest BCUT2D eigenvalue weighted by Crippen LogP contribution is -2.43. The molecule has 0 aliphatic carbocycles. The van der Waals surface area contributed by atoms with Gasteiger partial charge in [0.05, 0.1) is 20.8 Å². The number of pyridine rings is 1. The first-order chi connectivity index (χ1) is 20.0. The van der Waals surface area contributed by atoms with E-state index in [2.05, 4.69) is 36.2 Å². The maximum Gasteiger partial charge on any atom is 0.320 e. The van der Waals surface area contributed by atoms with Crippen molar-refractivity contribution in [2.24, 2.45) is 5.73 Å². The fraction of sp³-hybridized carbons (Fsp3) is 0.267. The van der Waals surface area contributed by atoms with Gasteiger partial charge in [0, 0.05) is 47.2 Å². The number of benzene rings is 2. The van der Waals surface area contributed by atoms with Gasteiger partial charge in [0.2, 0.25) is 5.95 Å². The summed E-state index contributed by atoms with van der Waals surface area (Å²) in [6.07, 6.45) is 3.35. The molecule has 0 radical (unpaired) electrons. The number of ether oxygens (including phenoxy) is 2. The molecule has 4 rings (SSSR count). The van der Waals surface area contributed by atoms with Crippen molar-refractivity contribution in [3.8, 4) is 28.4 Å². The zero-order chi connectivity index (χ0) is 30.3. The highest BCUT2D eigenvalue weighted by atomic mass is 16.5. The monoisotopic (exact) mass is 572 g/mol. The molecule has 42 heavy (non-hydrogen) atoms. The number of methoxy groups -OCH3 is 2. The van der Waals surface area contributed by atoms with Crippen LogP contribution in [0.4, 0.5) is 16.6 Å². The number of carbonyl (C=O) groups is 1. The summed E-state index contributed by atoms with van der Waals surface area (Å²) in [6.45, 7) is 6.51. The van der Waals surface area contributed by atoms with Gasteiger partial charge in [-0.3, -0.25) is 5.32 Å². The minimum atomic E-state index is -0.452. The number of fused-ring (bicyclic) bond motifs is 1. The van der Waals surface area contributed by atoms with Crippen LogP contribution in [0.15, 0.2) is 66.6 Å². The third-order valence-electron chi connectivity index (χ3n) is 5.93. The number of carbonyl (C=O) groups excluding carboxylic acids is 1. The fourth-order valence-electron chi connectivity index (χ4n) is 3.95. The van der Waals surface area contributed by atoms with Crippen molar-refractivity contribution in [2.75, 3.05) is 31.4 Å². The van der Waals surface area contributed by atoms with E-state index in [0.29, 0.717) is 52.1 Å². The highest BCUT2D eigenvalue weighted by molar-refractivity contribution is 5.96. The zero-order valence-corrected chi connectivity index (χ0v) is 24.3. The van der Waals surface area contributed by atoms with Crippen LogP contribution in [0, 0.1) is 0 Å². The molecule has 0 saturated heterocycles. The zero-order valence-electron chi connectivity index (χ0n) is 24.3. The maximum absolute atomic E-state index is 12.8. The number of hydrogen-bond donors (Lipinski definition) is 6. The number of anilines is 2. The van der Waals surface area contributed by atoms with Gasteiger partial charge in [-0.1, -0.05) is 12.1 Å². The lowest BCUT2D eigenvalue weighted by molar-refractivity contribution is 0.243. The van der Waals surface area contributed by atoms with E-state index in [9.17, 15) is 9.90 Å². The Labute approximate surface area is 244 Å². The van der Waals surface area contributed by atoms with Gasteiger partial charge in [-0.25, -0.2) is 14.8 Å². The minimum Gasteiger partial charge on any atom is -0.508 e. The molecule has 12 heteroatoms. The topological polar surface area (TPSA) is 169 Å². The molecule has 2 aromatic heterocycles. The molecule has 0 unspecified atom stereocenters. The van der Waals surface area contributed by atoms with Crippen LogP contribution in [0.1, 0.15) is 26.3 Å². The highest BCUT2D eigenvalue weighted by Crippen LogP contribution is 2.35. The second-order valence-electron chi connectivity index (χ2n) is 10.5. The number of phenols is 1. The summed E-state index contributed by atoms with van der Waals surface area (Å²) in [6, 6.07) is 13.8. The predicted octanol–water partition coefficient (Wildman–Crippen LogP) is 4.34. The number of rotatable bonds is 10. The van der Waals surface area contributed by atoms with Crippen LogP contribution in [-0.4, -0.2) is 52.4 Å². The number of nitrogens with one attached hydrogen (secondary N) is 4. The van der Waals surface area contributed by atoms with Gasteiger partial charge in [-0.05, 0) is 62.2 Å². The molecule has 0 spiro atoms. The average Bonchev–Trinajstić information content (AvgIpc) is 2.95. The van der Waals surface area contributed by atoms with Crippen LogP contribution in [0.2, 0.25) is 0 Å². The number of nitrogens with zero attached hydrogens (tertiary/aromatic N) is 3. The molecule has 2 amide bonds. The van der Waals surface area contributed by atoms with Gasteiger partial charge in [-0.15, -0.1) is 0 Å². The molecule has 220 valence electrons. The molecule has 0 atom stereocenters. The molecule has 2 aromatic carbocycles. The molecular weight excluding hydrogens is 536 g/mol. The van der Waals surface area contributed by atoms with Crippen molar-refractivity contribution in [1.29, 1.82) is 0 Å². The van der Waals surface area contributed by atoms with E-state index in [1.54, 1.807) is 44.8 Å². The predicted molar refractivity (Wildman–Crippen MR) is 163 cm³/mol. The van der Waals surface area contributed by atoms with Crippen molar-refractivity contribution in [1.82, 2.24) is 25.6 Å². The maximum atomic E-state index is 12.8. The average molecular weight is 573 g/mol. The number of phenolic OH excluding ortho intramolecular Hbond substituents is 1. The second kappa shape index (κ2) is 12.9. The Morgan fingerprint density at radius 2 is 1.71 bits per heavy atom. The van der Waals surface area contributed by atoms with Crippen LogP contribution in [-0.2, 0) is 6.54 Å². The first kappa shape index (κ1) is 29.7. The van der Waals surface area contributed by atoms with E-state index in [0.717, 1.165) is 11.1 Å². The van der Waals surface area contributed by atoms with E-state index in [1.807, 2.05) is 51.1 Å². The van der Waals surface area contributed by atoms with Gasteiger partial charge in [0.15, 0.2) is 5.65 Å². The number of urea groups is 1. The lowest BCUT2D eigenvalue weighted by Gasteiger charge is -2.21. The van der Waals surface area contributed by atoms with E-state index in [4.69, 9.17) is 15.2 Å². The summed E-state index contributed by atoms with van der Waals surface area (Å²) in [7, 11) is 3.15. The molecule has 0 aliphatic heterocycles. The van der Waals surface area contributed by atoms with Gasteiger partial charge >= 0.3 is 6.03 Å². The summed E-state index contributed by atoms with van der Waals surface area (Å²) in [5.41, 5.74) is 8.96. The fourth-order valence-corrected chi connectivity index (χ4v) is 3.95. The van der Waals surface area contributed by atoms with Crippen LogP contribution in [0.25, 0.3) is 22.2 Å². The molecule has 7 N–H and O–H groups in total. The van der Waals surface area contributed by atoms with Crippen LogP contribution in [0.5, 0.6) is 17.2 Å². The smallest absolute Gasteiger partial charge is 0.320 e. The van der Waals surface area contributed by atoms with Crippen molar-refractivity contribution < 1.29 is 19.4 Å². The van der Waals surface area contributed by atoms with Crippen molar-refractivity contribution in [3.63, 3.8) is 0 Å². The number of aromatic hydroxyl groups is 1. The van der Waals surface area contributed by atoms with E-state index >= 15 is 0 Å². The Morgan fingerprint density at radius 1 is 1.02 bits per heavy atom. The lowest BCUT2D eigenvalue weighted by atomic mass is 10.0. The van der Waals surface area contributed by atoms with Gasteiger partial charge in [-0.2, -0.15) is 4.98 Å². The minimum absolute atomic E-state index is 0.218. The van der Waals surface area contributed by atoms with Crippen LogP contribution >= 0.6 is 0 Å². The van der Waals surface area contributed by atoms with Crippen LogP contribution in [0.3, 0.4) is 0 Å². The molecule has 0 aliphatic rings. The first-order valence-corrected chi connectivity index (χ1v) is 13.2. The molecule has 0 saturated carbocycles. The standard InChI is InChI=1S/C30H36N8O4/c1-30(2,3)38-29(40)37-27-25(19-10-23(41-4)13-24(11-19)42-5)12-20-15-33-28(36-26(20)35-27)34-17-21(31)16-32-14-18-6-8-22(39)9-7-18/h6-13,15-16,32,39H,14,17,31H2,1-5H3,(H3,33,34,35,36,37,38,40)/b21-16-. The third kappa shape index (κ3) is 8.13. The normalized spacial score (nSPS) is 11.6. The number of hydrogen-bond acceptors (Lipinski definition) is 10. The van der Waals surface area contributed by atoms with E-state index in [1.165, 1.54) is 0 Å². The quantitative estimate of drug-likeness (QED) is 0.161. The van der Waals surface area contributed by atoms with E-state index < -0.39 is 11.6 Å². The SMILES string of the molecule is COc1cc(OC)cc(-c2cc3cnc(NC/C(N)=C/NCc4ccc(O)cc4)nc3nc2NC(=O)NC(C)(C)C)c1. The summed E-state index contributed by atoms with van der Waals surface area (Å²) >= 11 is 0. The molecule has 0 fully saturated rings. The molecule has 4 aromatic rings. The number of nitrogens with two attached hydrogens (primary N) is 1.